The van der Waals surface area contributed by atoms with Crippen LogP contribution in [0.5, 0.6) is 0 Å². The van der Waals surface area contributed by atoms with E-state index in [4.69, 9.17) is 10.8 Å². The molecule has 0 atom stereocenters. The molecule has 0 unspecified atom stereocenters. The zero-order chi connectivity index (χ0) is 18.6. The molecule has 0 aliphatic rings. The first-order valence-electron chi connectivity index (χ1n) is 7.90. The molecule has 2 N–H and O–H groups in total. The number of benzene rings is 2. The van der Waals surface area contributed by atoms with Crippen molar-refractivity contribution in [3.63, 3.8) is 0 Å². The van der Waals surface area contributed by atoms with E-state index in [1.807, 2.05) is 20.8 Å². The van der Waals surface area contributed by atoms with Crippen LogP contribution in [-0.2, 0) is 24.2 Å². The van der Waals surface area contributed by atoms with Crippen LogP contribution in [0.15, 0.2) is 54.6 Å². The summed E-state index contributed by atoms with van der Waals surface area (Å²) in [5.41, 5.74) is 6.69. The number of halogens is 2. The summed E-state index contributed by atoms with van der Waals surface area (Å²) in [7, 11) is 0. The maximum Gasteiger partial charge on any atom is -0.0771 e. The van der Waals surface area contributed by atoms with E-state index < -0.39 is 0 Å². The molecule has 0 aromatic heterocycles. The Hall–Kier alpha value is -0.437. The molecule has 0 fully saturated rings. The van der Waals surface area contributed by atoms with Gasteiger partial charge in [-0.1, -0.05) is 57.2 Å². The minimum atomic E-state index is -0.250. The van der Waals surface area contributed by atoms with E-state index >= 15 is 0 Å². The van der Waals surface area contributed by atoms with Gasteiger partial charge in [-0.3, -0.25) is 0 Å². The third-order valence-corrected chi connectivity index (χ3v) is 2.68. The van der Waals surface area contributed by atoms with Crippen LogP contribution in [0.2, 0.25) is 0 Å². The third-order valence-electron chi connectivity index (χ3n) is 2.68. The number of nitrogens with one attached hydrogen (secondary N) is 1. The molecule has 0 radical (unpaired) electrons. The fourth-order valence-electron chi connectivity index (χ4n) is 1.90. The Morgan fingerprint density at radius 3 is 1.48 bits per heavy atom. The Morgan fingerprint density at radius 1 is 0.963 bits per heavy atom. The van der Waals surface area contributed by atoms with Crippen LogP contribution >= 0.6 is 24.8 Å². The number of hydrogen-bond acceptors (Lipinski definition) is 1. The van der Waals surface area contributed by atoms with Gasteiger partial charge in [-0.2, -0.15) is 6.42 Å². The zero-order valence-electron chi connectivity index (χ0n) is 16.8. The average Bonchev–Trinajstić information content (AvgIpc) is 2.94. The average molecular weight is 490 g/mol. The van der Waals surface area contributed by atoms with Crippen molar-refractivity contribution in [1.29, 1.82) is 0 Å². The molecule has 27 heavy (non-hydrogen) atoms. The van der Waals surface area contributed by atoms with Gasteiger partial charge in [-0.25, -0.2) is 0 Å². The third kappa shape index (κ3) is 15.2. The minimum Gasteiger partial charge on any atom is -0.358 e. The largest absolute Gasteiger partial charge is 0.358 e. The molecule has 0 spiro atoms. The minimum absolute atomic E-state index is 0. The fraction of sp³-hybridized carbons (Fsp3) is 0.273. The van der Waals surface area contributed by atoms with Crippen LogP contribution in [0.25, 0.3) is 27.3 Å². The van der Waals surface area contributed by atoms with Crippen molar-refractivity contribution in [2.45, 2.75) is 32.7 Å². The number of aliphatic hydroxyl groups excluding tert-OH is 1. The summed E-state index contributed by atoms with van der Waals surface area (Å²) in [5.74, 6) is 0. The first kappa shape index (κ1) is 34.1. The van der Waals surface area contributed by atoms with Crippen molar-refractivity contribution in [1.82, 2.24) is 0 Å². The summed E-state index contributed by atoms with van der Waals surface area (Å²) in [6.45, 7) is 9.12. The van der Waals surface area contributed by atoms with E-state index in [-0.39, 0.29) is 44.4 Å². The summed E-state index contributed by atoms with van der Waals surface area (Å²) in [6, 6.07) is 19.3. The Bertz CT molecular complexity index is 650. The number of hydrogen-bond donors (Lipinski definition) is 1. The molecule has 0 saturated heterocycles. The molecule has 3 rings (SSSR count). The summed E-state index contributed by atoms with van der Waals surface area (Å²) in [5, 5.41) is 13.2. The summed E-state index contributed by atoms with van der Waals surface area (Å²) in [6.07, 6.45) is 0.625. The van der Waals surface area contributed by atoms with Gasteiger partial charge in [0.05, 0.1) is 0 Å². The molecule has 0 aliphatic carbocycles. The summed E-state index contributed by atoms with van der Waals surface area (Å²) < 4.78 is 3.34. The standard InChI is InChI=1S/C13H9.C4H10N.C3H7O.CH3.CH2.2ClH.Zr/c1-3-7-12-10(5-1)9-11-6-2-4-8-13(11)12;1-4(2,3)5;1-2-3-4;;;;;/h1-9H;5H,1-3H3;4H,1-3H2;1H3;1H2;2*1H;/q4*-1;;;;. The van der Waals surface area contributed by atoms with Crippen molar-refractivity contribution in [2.75, 3.05) is 6.61 Å². The molecular weight excluding hydrogens is 456 g/mol. The molecule has 154 valence electrons. The van der Waals surface area contributed by atoms with Crippen molar-refractivity contribution >= 4 is 50.6 Å². The van der Waals surface area contributed by atoms with Crippen LogP contribution in [0, 0.1) is 14.4 Å². The van der Waals surface area contributed by atoms with Gasteiger partial charge in [0.2, 0.25) is 0 Å². The number of aliphatic hydroxyl groups is 1. The summed E-state index contributed by atoms with van der Waals surface area (Å²) >= 11 is 1.30. The second kappa shape index (κ2) is 18.9. The van der Waals surface area contributed by atoms with Gasteiger partial charge in [0.25, 0.3) is 0 Å². The normalized spacial score (nSPS) is 8.78. The van der Waals surface area contributed by atoms with Crippen molar-refractivity contribution in [2.24, 2.45) is 0 Å². The van der Waals surface area contributed by atoms with Crippen molar-refractivity contribution in [3.8, 4) is 0 Å². The van der Waals surface area contributed by atoms with E-state index in [2.05, 4.69) is 65.7 Å². The second-order valence-electron chi connectivity index (χ2n) is 6.15. The Kier molecular flexibility index (Phi) is 23.9. The van der Waals surface area contributed by atoms with Crippen LogP contribution < -0.4 is 0 Å². The molecule has 0 saturated carbocycles. The SMILES string of the molecule is CC(C)(C)[NH-].Cl.Cl.[CH2-]CCO.[CH2]=[Zr].[CH3-].c1ccc2c(c1)[cH-]c1ccccc12. The van der Waals surface area contributed by atoms with E-state index in [0.29, 0.717) is 6.42 Å². The molecule has 3 aromatic carbocycles. The first-order valence-corrected chi connectivity index (χ1v) is 9.64. The Labute approximate surface area is 193 Å². The molecule has 3 aromatic rings. The van der Waals surface area contributed by atoms with Gasteiger partial charge in [0, 0.05) is 6.61 Å². The maximum atomic E-state index is 7.81. The van der Waals surface area contributed by atoms with Crippen molar-refractivity contribution < 1.29 is 29.3 Å². The van der Waals surface area contributed by atoms with E-state index in [1.54, 1.807) is 0 Å². The Morgan fingerprint density at radius 2 is 1.22 bits per heavy atom. The van der Waals surface area contributed by atoms with Gasteiger partial charge in [-0.05, 0) is 0 Å². The monoisotopic (exact) mass is 487 g/mol. The molecule has 0 aliphatic heterocycles. The quantitative estimate of drug-likeness (QED) is 0.367. The fourth-order valence-corrected chi connectivity index (χ4v) is 1.90. The van der Waals surface area contributed by atoms with Gasteiger partial charge in [-0.15, -0.1) is 70.1 Å². The van der Waals surface area contributed by atoms with Crippen LogP contribution in [0.3, 0.4) is 0 Å². The van der Waals surface area contributed by atoms with Crippen LogP contribution in [0.1, 0.15) is 27.2 Å². The smallest absolute Gasteiger partial charge is 0.0771 e. The number of fused-ring (bicyclic) bond motifs is 3. The predicted molar refractivity (Wildman–Crippen MR) is 126 cm³/mol. The summed E-state index contributed by atoms with van der Waals surface area (Å²) in [4.78, 5) is 0. The van der Waals surface area contributed by atoms with Crippen LogP contribution in [-0.4, -0.2) is 21.5 Å². The van der Waals surface area contributed by atoms with Crippen molar-refractivity contribution in [3.05, 3.63) is 74.7 Å². The molecule has 0 heterocycles. The van der Waals surface area contributed by atoms with Gasteiger partial charge >= 0.3 is 28.4 Å². The zero-order valence-corrected chi connectivity index (χ0v) is 20.9. The molecular formula is C22H33Cl2NOZr-4. The molecule has 2 nitrogen and oxygen atoms in total. The van der Waals surface area contributed by atoms with E-state index in [0.717, 1.165) is 0 Å². The van der Waals surface area contributed by atoms with Crippen LogP contribution in [0.4, 0.5) is 0 Å². The molecule has 0 bridgehead atoms. The molecule has 0 amide bonds. The second-order valence-corrected chi connectivity index (χ2v) is 6.15. The van der Waals surface area contributed by atoms with E-state index in [1.165, 1.54) is 45.8 Å². The van der Waals surface area contributed by atoms with Gasteiger partial charge in [0.15, 0.2) is 0 Å². The Balaban J connectivity index is -0.000000164. The first-order chi connectivity index (χ1) is 11.4. The topological polar surface area (TPSA) is 44.0 Å². The predicted octanol–water partition coefficient (Wildman–Crippen LogP) is 7.01. The number of rotatable bonds is 1. The maximum absolute atomic E-state index is 7.81. The van der Waals surface area contributed by atoms with Gasteiger partial charge < -0.3 is 25.2 Å². The van der Waals surface area contributed by atoms with Gasteiger partial charge in [0.1, 0.15) is 0 Å². The van der Waals surface area contributed by atoms with E-state index in [9.17, 15) is 0 Å². The molecule has 5 heteroatoms.